The second-order valence-electron chi connectivity index (χ2n) is 5.15. The van der Waals surface area contributed by atoms with Crippen LogP contribution in [-0.2, 0) is 4.74 Å². The second-order valence-corrected chi connectivity index (χ2v) is 5.15. The fourth-order valence-electron chi connectivity index (χ4n) is 1.35. The number of hydrazone groups is 1. The summed E-state index contributed by atoms with van der Waals surface area (Å²) in [5, 5.41) is 19.6. The SMILES string of the molecule is CC(C)(C)OC(=O)c1ccccc1N/N=C(\C#N)C(=N)N. The third-order valence-corrected chi connectivity index (χ3v) is 2.20. The summed E-state index contributed by atoms with van der Waals surface area (Å²) in [5.74, 6) is -0.970. The van der Waals surface area contributed by atoms with Crippen LogP contribution in [-0.4, -0.2) is 23.1 Å². The standard InChI is InChI=1S/C14H17N5O2/c1-14(2,3)21-13(20)9-6-4-5-7-10(9)18-19-11(8-15)12(16)17/h4-7,18H,1-3H3,(H3,16,17)/b19-11+. The lowest BCUT2D eigenvalue weighted by molar-refractivity contribution is 0.00707. The Hall–Kier alpha value is -2.88. The summed E-state index contributed by atoms with van der Waals surface area (Å²) in [6.45, 7) is 5.30. The number of nitriles is 1. The molecule has 21 heavy (non-hydrogen) atoms. The van der Waals surface area contributed by atoms with Gasteiger partial charge in [0.2, 0.25) is 5.71 Å². The number of ether oxygens (including phenoxy) is 1. The van der Waals surface area contributed by atoms with Crippen molar-refractivity contribution in [3.8, 4) is 6.07 Å². The third-order valence-electron chi connectivity index (χ3n) is 2.20. The van der Waals surface area contributed by atoms with E-state index < -0.39 is 17.4 Å². The van der Waals surface area contributed by atoms with Gasteiger partial charge in [0, 0.05) is 0 Å². The monoisotopic (exact) mass is 287 g/mol. The van der Waals surface area contributed by atoms with E-state index in [2.05, 4.69) is 10.5 Å². The molecule has 7 nitrogen and oxygen atoms in total. The van der Waals surface area contributed by atoms with Crippen molar-refractivity contribution >= 4 is 23.2 Å². The molecule has 0 aromatic heterocycles. The summed E-state index contributed by atoms with van der Waals surface area (Å²) < 4.78 is 5.29. The molecule has 0 aliphatic carbocycles. The first kappa shape index (κ1) is 16.2. The average Bonchev–Trinajstić information content (AvgIpc) is 2.37. The maximum absolute atomic E-state index is 12.1. The first-order valence-electron chi connectivity index (χ1n) is 6.15. The zero-order valence-electron chi connectivity index (χ0n) is 12.1. The Labute approximate surface area is 122 Å². The van der Waals surface area contributed by atoms with Crippen LogP contribution in [0, 0.1) is 16.7 Å². The number of benzene rings is 1. The Morgan fingerprint density at radius 3 is 2.57 bits per heavy atom. The quantitative estimate of drug-likeness (QED) is 0.337. The van der Waals surface area contributed by atoms with Crippen LogP contribution in [0.15, 0.2) is 29.4 Å². The molecule has 0 unspecified atom stereocenters. The van der Waals surface area contributed by atoms with Gasteiger partial charge < -0.3 is 10.5 Å². The molecule has 0 fully saturated rings. The van der Waals surface area contributed by atoms with Crippen molar-refractivity contribution in [1.29, 1.82) is 10.7 Å². The molecule has 0 heterocycles. The highest BCUT2D eigenvalue weighted by molar-refractivity contribution is 6.45. The predicted octanol–water partition coefficient (Wildman–Crippen LogP) is 1.87. The van der Waals surface area contributed by atoms with Gasteiger partial charge in [-0.25, -0.2) is 4.79 Å². The van der Waals surface area contributed by atoms with Crippen molar-refractivity contribution in [2.24, 2.45) is 10.8 Å². The minimum atomic E-state index is -0.620. The number of amidine groups is 1. The van der Waals surface area contributed by atoms with Crippen LogP contribution in [0.4, 0.5) is 5.69 Å². The largest absolute Gasteiger partial charge is 0.456 e. The highest BCUT2D eigenvalue weighted by Gasteiger charge is 2.20. The lowest BCUT2D eigenvalue weighted by Crippen LogP contribution is -2.24. The molecule has 0 aliphatic heterocycles. The molecule has 0 saturated carbocycles. The van der Waals surface area contributed by atoms with Crippen molar-refractivity contribution in [3.05, 3.63) is 29.8 Å². The van der Waals surface area contributed by atoms with Gasteiger partial charge in [0.05, 0.1) is 11.3 Å². The van der Waals surface area contributed by atoms with Gasteiger partial charge in [-0.1, -0.05) is 12.1 Å². The number of esters is 1. The topological polar surface area (TPSA) is 124 Å². The van der Waals surface area contributed by atoms with Gasteiger partial charge in [-0.3, -0.25) is 10.8 Å². The minimum absolute atomic E-state index is 0.269. The number of carbonyl (C=O) groups is 1. The van der Waals surface area contributed by atoms with Crippen LogP contribution in [0.1, 0.15) is 31.1 Å². The van der Waals surface area contributed by atoms with Crippen LogP contribution in [0.2, 0.25) is 0 Å². The van der Waals surface area contributed by atoms with Gasteiger partial charge in [-0.2, -0.15) is 10.4 Å². The van der Waals surface area contributed by atoms with E-state index in [0.717, 1.165) is 0 Å². The molecule has 0 amide bonds. The van der Waals surface area contributed by atoms with Gasteiger partial charge >= 0.3 is 5.97 Å². The first-order chi connectivity index (χ1) is 9.74. The van der Waals surface area contributed by atoms with Gasteiger partial charge in [0.25, 0.3) is 0 Å². The zero-order valence-corrected chi connectivity index (χ0v) is 12.1. The molecular weight excluding hydrogens is 270 g/mol. The van der Waals surface area contributed by atoms with E-state index in [-0.39, 0.29) is 11.3 Å². The molecule has 7 heteroatoms. The van der Waals surface area contributed by atoms with Crippen molar-refractivity contribution < 1.29 is 9.53 Å². The van der Waals surface area contributed by atoms with E-state index in [4.69, 9.17) is 21.1 Å². The molecule has 1 aromatic rings. The molecule has 0 aliphatic rings. The van der Waals surface area contributed by atoms with E-state index in [1.54, 1.807) is 51.1 Å². The molecule has 110 valence electrons. The summed E-state index contributed by atoms with van der Waals surface area (Å²) in [5.41, 5.74) is 7.49. The second kappa shape index (κ2) is 6.52. The average molecular weight is 287 g/mol. The van der Waals surface area contributed by atoms with Crippen molar-refractivity contribution in [1.82, 2.24) is 0 Å². The van der Waals surface area contributed by atoms with Gasteiger partial charge in [-0.15, -0.1) is 0 Å². The zero-order chi connectivity index (χ0) is 16.0. The van der Waals surface area contributed by atoms with Crippen LogP contribution in [0.3, 0.4) is 0 Å². The number of nitrogens with one attached hydrogen (secondary N) is 2. The first-order valence-corrected chi connectivity index (χ1v) is 6.15. The van der Waals surface area contributed by atoms with Gasteiger partial charge in [-0.05, 0) is 32.9 Å². The summed E-state index contributed by atoms with van der Waals surface area (Å²) in [7, 11) is 0. The maximum atomic E-state index is 12.1. The fourth-order valence-corrected chi connectivity index (χ4v) is 1.35. The lowest BCUT2D eigenvalue weighted by atomic mass is 10.1. The van der Waals surface area contributed by atoms with Crippen LogP contribution < -0.4 is 11.2 Å². The van der Waals surface area contributed by atoms with Gasteiger partial charge in [0.1, 0.15) is 11.7 Å². The highest BCUT2D eigenvalue weighted by Crippen LogP contribution is 2.19. The lowest BCUT2D eigenvalue weighted by Gasteiger charge is -2.20. The van der Waals surface area contributed by atoms with Crippen molar-refractivity contribution in [3.63, 3.8) is 0 Å². The number of nitrogens with zero attached hydrogens (tertiary/aromatic N) is 2. The van der Waals surface area contributed by atoms with Crippen molar-refractivity contribution in [2.75, 3.05) is 5.43 Å². The Morgan fingerprint density at radius 1 is 1.43 bits per heavy atom. The van der Waals surface area contributed by atoms with Crippen LogP contribution in [0.25, 0.3) is 0 Å². The Kier molecular flexibility index (Phi) is 5.02. The maximum Gasteiger partial charge on any atom is 0.340 e. The number of carbonyl (C=O) groups excluding carboxylic acids is 1. The van der Waals surface area contributed by atoms with E-state index in [9.17, 15) is 4.79 Å². The van der Waals surface area contributed by atoms with E-state index in [0.29, 0.717) is 5.69 Å². The molecule has 4 N–H and O–H groups in total. The van der Waals surface area contributed by atoms with E-state index >= 15 is 0 Å². The number of rotatable bonds is 4. The number of para-hydroxylation sites is 1. The van der Waals surface area contributed by atoms with E-state index in [1.165, 1.54) is 0 Å². The number of hydrogen-bond donors (Lipinski definition) is 3. The molecule has 0 saturated heterocycles. The fraction of sp³-hybridized carbons (Fsp3) is 0.286. The summed E-state index contributed by atoms with van der Waals surface area (Å²) in [6, 6.07) is 8.25. The molecule has 0 radical (unpaired) electrons. The normalized spacial score (nSPS) is 11.4. The summed E-state index contributed by atoms with van der Waals surface area (Å²) >= 11 is 0. The Morgan fingerprint density at radius 2 is 2.05 bits per heavy atom. The minimum Gasteiger partial charge on any atom is -0.456 e. The van der Waals surface area contributed by atoms with Crippen LogP contribution >= 0.6 is 0 Å². The number of anilines is 1. The molecule has 0 spiro atoms. The van der Waals surface area contributed by atoms with E-state index in [1.807, 2.05) is 0 Å². The summed E-state index contributed by atoms with van der Waals surface area (Å²) in [4.78, 5) is 12.1. The Balaban J connectivity index is 3.03. The smallest absolute Gasteiger partial charge is 0.340 e. The van der Waals surface area contributed by atoms with Crippen molar-refractivity contribution in [2.45, 2.75) is 26.4 Å². The predicted molar refractivity (Wildman–Crippen MR) is 80.2 cm³/mol. The molecule has 1 aromatic carbocycles. The molecule has 1 rings (SSSR count). The number of nitrogens with two attached hydrogens (primary N) is 1. The highest BCUT2D eigenvalue weighted by atomic mass is 16.6. The summed E-state index contributed by atoms with van der Waals surface area (Å²) in [6.07, 6.45) is 0. The Bertz CT molecular complexity index is 623. The molecule has 0 bridgehead atoms. The van der Waals surface area contributed by atoms with Crippen LogP contribution in [0.5, 0.6) is 0 Å². The third kappa shape index (κ3) is 4.95. The molecule has 0 atom stereocenters. The van der Waals surface area contributed by atoms with Gasteiger partial charge in [0.15, 0.2) is 5.84 Å². The number of hydrogen-bond acceptors (Lipinski definition) is 6. The molecular formula is C14H17N5O2.